The summed E-state index contributed by atoms with van der Waals surface area (Å²) in [5.41, 5.74) is 2.05. The lowest BCUT2D eigenvalue weighted by Gasteiger charge is -2.31. The van der Waals surface area contributed by atoms with E-state index in [2.05, 4.69) is 10.5 Å². The summed E-state index contributed by atoms with van der Waals surface area (Å²) in [5.74, 6) is -1.03. The molecule has 0 aromatic heterocycles. The largest absolute Gasteiger partial charge is 0.497 e. The number of rotatable bonds is 7. The Morgan fingerprint density at radius 1 is 1.15 bits per heavy atom. The lowest BCUT2D eigenvalue weighted by molar-refractivity contribution is -0.138. The van der Waals surface area contributed by atoms with Crippen LogP contribution in [0.5, 0.6) is 5.75 Å². The average Bonchev–Trinajstić information content (AvgIpc) is 3.15. The predicted octanol–water partition coefficient (Wildman–Crippen LogP) is 7.15. The van der Waals surface area contributed by atoms with Crippen LogP contribution in [0.4, 0.5) is 23.2 Å². The molecule has 0 fully saturated rings. The molecular formula is C29H26ClF4N3O2. The van der Waals surface area contributed by atoms with Crippen LogP contribution in [0.2, 0.25) is 5.02 Å². The van der Waals surface area contributed by atoms with Gasteiger partial charge in [0.1, 0.15) is 11.6 Å². The number of anilines is 1. The van der Waals surface area contributed by atoms with E-state index in [4.69, 9.17) is 16.3 Å². The van der Waals surface area contributed by atoms with Crippen LogP contribution in [0.3, 0.4) is 0 Å². The molecule has 0 spiro atoms. The molecule has 39 heavy (non-hydrogen) atoms. The van der Waals surface area contributed by atoms with Gasteiger partial charge in [-0.3, -0.25) is 4.79 Å². The Kier molecular flexibility index (Phi) is 8.02. The number of methoxy groups -OCH3 is 1. The summed E-state index contributed by atoms with van der Waals surface area (Å²) in [7, 11) is 1.49. The highest BCUT2D eigenvalue weighted by atomic mass is 35.5. The maximum absolute atomic E-state index is 15.2. The molecule has 5 nitrogen and oxygen atoms in total. The number of carbonyl (C=O) groups excluding carboxylic acids is 1. The van der Waals surface area contributed by atoms with Crippen LogP contribution in [0.25, 0.3) is 0 Å². The molecule has 1 N–H and O–H groups in total. The van der Waals surface area contributed by atoms with Gasteiger partial charge in [0.2, 0.25) is 0 Å². The minimum atomic E-state index is -4.79. The van der Waals surface area contributed by atoms with Crippen LogP contribution in [0.1, 0.15) is 40.9 Å². The highest BCUT2D eigenvalue weighted by Crippen LogP contribution is 2.52. The number of nitrogens with one attached hydrogen (secondary N) is 1. The van der Waals surface area contributed by atoms with E-state index in [1.165, 1.54) is 13.3 Å². The molecule has 0 saturated heterocycles. The van der Waals surface area contributed by atoms with E-state index in [9.17, 15) is 18.0 Å². The van der Waals surface area contributed by atoms with Gasteiger partial charge < -0.3 is 9.64 Å². The summed E-state index contributed by atoms with van der Waals surface area (Å²) in [5, 5.41) is 3.62. The number of halogens is 5. The van der Waals surface area contributed by atoms with Crippen molar-refractivity contribution in [2.45, 2.75) is 31.9 Å². The number of allylic oxidation sites excluding steroid dienone is 2. The average molecular weight is 560 g/mol. The van der Waals surface area contributed by atoms with Gasteiger partial charge in [-0.05, 0) is 74.4 Å². The van der Waals surface area contributed by atoms with Crippen molar-refractivity contribution >= 4 is 29.4 Å². The molecule has 1 unspecified atom stereocenters. The molecule has 1 aliphatic heterocycles. The number of ether oxygens (including phenoxy) is 1. The fourth-order valence-corrected chi connectivity index (χ4v) is 5.10. The molecular weight excluding hydrogens is 534 g/mol. The number of carbonyl (C=O) groups is 1. The number of hydrazone groups is 1. The van der Waals surface area contributed by atoms with Gasteiger partial charge >= 0.3 is 6.18 Å². The van der Waals surface area contributed by atoms with E-state index in [-0.39, 0.29) is 6.42 Å². The Hall–Kier alpha value is -3.85. The molecule has 1 atom stereocenters. The Morgan fingerprint density at radius 3 is 2.51 bits per heavy atom. The number of likely N-dealkylation sites (N-methyl/N-ethyl adjacent to an activating group) is 1. The molecule has 10 heteroatoms. The first-order valence-corrected chi connectivity index (χ1v) is 12.5. The third-order valence-corrected chi connectivity index (χ3v) is 7.09. The number of fused-ring (bicyclic) bond motifs is 1. The van der Waals surface area contributed by atoms with E-state index < -0.39 is 39.5 Å². The molecule has 1 aliphatic rings. The zero-order valence-corrected chi connectivity index (χ0v) is 22.2. The number of amides is 1. The number of hydrogen-bond acceptors (Lipinski definition) is 4. The van der Waals surface area contributed by atoms with Crippen molar-refractivity contribution in [1.82, 2.24) is 5.43 Å². The lowest BCUT2D eigenvalue weighted by Crippen LogP contribution is -2.32. The molecule has 3 aromatic rings. The Labute approximate surface area is 228 Å². The normalized spacial score (nSPS) is 18.1. The summed E-state index contributed by atoms with van der Waals surface area (Å²) in [4.78, 5) is 14.3. The van der Waals surface area contributed by atoms with Gasteiger partial charge in [0.15, 0.2) is 0 Å². The van der Waals surface area contributed by atoms with Crippen LogP contribution in [-0.2, 0) is 18.0 Å². The van der Waals surface area contributed by atoms with E-state index in [1.54, 1.807) is 55.5 Å². The summed E-state index contributed by atoms with van der Waals surface area (Å²) in [6.07, 6.45) is -2.17. The highest BCUT2D eigenvalue weighted by molar-refractivity contribution is 6.30. The number of benzene rings is 3. The van der Waals surface area contributed by atoms with Gasteiger partial charge in [-0.2, -0.15) is 18.3 Å². The second-order valence-corrected chi connectivity index (χ2v) is 9.57. The van der Waals surface area contributed by atoms with Crippen molar-refractivity contribution in [3.05, 3.63) is 106 Å². The minimum Gasteiger partial charge on any atom is -0.497 e. The van der Waals surface area contributed by atoms with Gasteiger partial charge in [0.05, 0.1) is 17.7 Å². The van der Waals surface area contributed by atoms with Gasteiger partial charge in [0.25, 0.3) is 5.91 Å². The molecule has 0 saturated carbocycles. The fourth-order valence-electron chi connectivity index (χ4n) is 4.93. The smallest absolute Gasteiger partial charge is 0.416 e. The quantitative estimate of drug-likeness (QED) is 0.190. The maximum atomic E-state index is 15.2. The van der Waals surface area contributed by atoms with Crippen LogP contribution < -0.4 is 15.1 Å². The SMILES string of the molecule is CCN1/C(=C\C=N\NC(=O)c2ccccc2)C(C)(Cc2c(C(F)(F)F)ccc(Cl)c2F)c2cc(OC)ccc21. The third-order valence-electron chi connectivity index (χ3n) is 6.80. The molecule has 204 valence electrons. The topological polar surface area (TPSA) is 53.9 Å². The third kappa shape index (κ3) is 5.49. The number of nitrogens with zero attached hydrogens (tertiary/aromatic N) is 2. The van der Waals surface area contributed by atoms with Crippen molar-refractivity contribution in [3.8, 4) is 5.75 Å². The Bertz CT molecular complexity index is 1440. The zero-order chi connectivity index (χ0) is 28.4. The number of alkyl halides is 3. The van der Waals surface area contributed by atoms with E-state index in [1.807, 2.05) is 17.9 Å². The van der Waals surface area contributed by atoms with Gasteiger partial charge in [-0.15, -0.1) is 0 Å². The standard InChI is InChI=1S/C29H26ClF4N3O2/c1-4-37-24-13-10-19(39-3)16-22(24)28(2,17-20-21(29(32,33)34)11-12-23(30)26(20)31)25(37)14-15-35-36-27(38)18-8-6-5-7-9-18/h5-16H,4,17H2,1-3H3,(H,36,38)/b25-14-,35-15+. The van der Waals surface area contributed by atoms with Crippen LogP contribution in [0.15, 0.2) is 77.5 Å². The van der Waals surface area contributed by atoms with Crippen LogP contribution in [-0.4, -0.2) is 25.8 Å². The van der Waals surface area contributed by atoms with E-state index >= 15 is 4.39 Å². The predicted molar refractivity (Wildman–Crippen MR) is 144 cm³/mol. The first kappa shape index (κ1) is 28.2. The van der Waals surface area contributed by atoms with Crippen molar-refractivity contribution < 1.29 is 27.1 Å². The summed E-state index contributed by atoms with van der Waals surface area (Å²) in [6.45, 7) is 4.10. The van der Waals surface area contributed by atoms with Gasteiger partial charge in [-0.25, -0.2) is 9.82 Å². The van der Waals surface area contributed by atoms with Crippen molar-refractivity contribution in [2.75, 3.05) is 18.6 Å². The monoisotopic (exact) mass is 559 g/mol. The van der Waals surface area contributed by atoms with Crippen molar-refractivity contribution in [2.24, 2.45) is 5.10 Å². The highest BCUT2D eigenvalue weighted by Gasteiger charge is 2.46. The molecule has 4 rings (SSSR count). The summed E-state index contributed by atoms with van der Waals surface area (Å²) >= 11 is 5.94. The van der Waals surface area contributed by atoms with E-state index in [0.717, 1.165) is 17.8 Å². The van der Waals surface area contributed by atoms with Crippen LogP contribution >= 0.6 is 11.6 Å². The lowest BCUT2D eigenvalue weighted by atomic mass is 9.75. The van der Waals surface area contributed by atoms with Gasteiger partial charge in [-0.1, -0.05) is 29.8 Å². The molecule has 0 bridgehead atoms. The first-order valence-electron chi connectivity index (χ1n) is 12.1. The van der Waals surface area contributed by atoms with E-state index in [0.29, 0.717) is 29.1 Å². The van der Waals surface area contributed by atoms with Crippen molar-refractivity contribution in [3.63, 3.8) is 0 Å². The summed E-state index contributed by atoms with van der Waals surface area (Å²) in [6, 6.07) is 15.5. The molecule has 0 radical (unpaired) electrons. The maximum Gasteiger partial charge on any atom is 0.416 e. The molecule has 1 amide bonds. The molecule has 3 aromatic carbocycles. The van der Waals surface area contributed by atoms with Gasteiger partial charge in [0, 0.05) is 40.7 Å². The Balaban J connectivity index is 1.81. The summed E-state index contributed by atoms with van der Waals surface area (Å²) < 4.78 is 62.5. The second-order valence-electron chi connectivity index (χ2n) is 9.16. The fraction of sp³-hybridized carbons (Fsp3) is 0.241. The zero-order valence-electron chi connectivity index (χ0n) is 21.4. The van der Waals surface area contributed by atoms with Crippen molar-refractivity contribution in [1.29, 1.82) is 0 Å². The van der Waals surface area contributed by atoms with Crippen LogP contribution in [0, 0.1) is 5.82 Å². The second kappa shape index (κ2) is 11.1. The molecule has 1 heterocycles. The molecule has 0 aliphatic carbocycles. The number of hydrogen-bond donors (Lipinski definition) is 1. The first-order chi connectivity index (χ1) is 18.5. The Morgan fingerprint density at radius 2 is 1.87 bits per heavy atom. The minimum absolute atomic E-state index is 0.346.